The molecule has 3 N–H and O–H groups in total. The van der Waals surface area contributed by atoms with Crippen molar-refractivity contribution in [1.29, 1.82) is 0 Å². The number of ketones is 1. The minimum absolute atomic E-state index is 0.0971. The van der Waals surface area contributed by atoms with Crippen molar-refractivity contribution in [2.45, 2.75) is 43.4 Å². The van der Waals surface area contributed by atoms with Gasteiger partial charge in [-0.25, -0.2) is 4.79 Å². The molecule has 96 valence electrons. The lowest BCUT2D eigenvalue weighted by atomic mass is 9.86. The van der Waals surface area contributed by atoms with Crippen LogP contribution in [-0.4, -0.2) is 57.3 Å². The first-order valence-electron chi connectivity index (χ1n) is 5.28. The van der Waals surface area contributed by atoms with Gasteiger partial charge in [0.15, 0.2) is 6.10 Å². The number of Topliss-reactive ketones (excluding diaryl/α,β-unsaturated/α-hetero) is 1. The lowest BCUT2D eigenvalue weighted by Crippen LogP contribution is -2.58. The second kappa shape index (κ2) is 3.74. The van der Waals surface area contributed by atoms with E-state index in [1.54, 1.807) is 0 Å². The van der Waals surface area contributed by atoms with Crippen LogP contribution in [0.4, 0.5) is 0 Å². The number of aliphatic hydroxyl groups is 3. The Balaban J connectivity index is 2.26. The molecule has 2 aliphatic rings. The van der Waals surface area contributed by atoms with Crippen LogP contribution in [0.25, 0.3) is 0 Å². The van der Waals surface area contributed by atoms with Crippen LogP contribution < -0.4 is 0 Å². The number of carbonyl (C=O) groups is 2. The van der Waals surface area contributed by atoms with Gasteiger partial charge in [0.1, 0.15) is 11.9 Å². The molecule has 2 rings (SSSR count). The zero-order valence-electron chi connectivity index (χ0n) is 9.25. The van der Waals surface area contributed by atoms with Crippen molar-refractivity contribution in [3.8, 4) is 0 Å². The molecule has 0 spiro atoms. The molecule has 0 amide bonds. The minimum Gasteiger partial charge on any atom is -0.451 e. The third-order valence-electron chi connectivity index (χ3n) is 3.21. The summed E-state index contributed by atoms with van der Waals surface area (Å²) in [6, 6.07) is 0. The molecule has 0 unspecified atom stereocenters. The van der Waals surface area contributed by atoms with E-state index in [9.17, 15) is 24.9 Å². The minimum atomic E-state index is -2.30. The van der Waals surface area contributed by atoms with Gasteiger partial charge in [0.05, 0.1) is 6.61 Å². The van der Waals surface area contributed by atoms with Crippen molar-refractivity contribution in [2.75, 3.05) is 6.61 Å². The third-order valence-corrected chi connectivity index (χ3v) is 3.21. The Kier molecular flexibility index (Phi) is 2.74. The van der Waals surface area contributed by atoms with Crippen molar-refractivity contribution >= 4 is 11.8 Å². The maximum absolute atomic E-state index is 11.5. The van der Waals surface area contributed by atoms with Crippen LogP contribution in [-0.2, 0) is 19.1 Å². The molecular formula is C10H14O7. The fraction of sp³-hybridized carbons (Fsp3) is 0.800. The predicted octanol–water partition coefficient (Wildman–Crippen LogP) is -1.91. The molecular weight excluding hydrogens is 232 g/mol. The molecule has 2 heterocycles. The molecule has 0 aliphatic carbocycles. The Morgan fingerprint density at radius 1 is 1.53 bits per heavy atom. The largest absolute Gasteiger partial charge is 0.451 e. The normalized spacial score (nSPS) is 44.6. The van der Waals surface area contributed by atoms with Crippen LogP contribution in [0.1, 0.15) is 19.8 Å². The Morgan fingerprint density at radius 3 is 2.76 bits per heavy atom. The van der Waals surface area contributed by atoms with Crippen LogP contribution in [0, 0.1) is 0 Å². The predicted molar refractivity (Wildman–Crippen MR) is 51.7 cm³/mol. The van der Waals surface area contributed by atoms with E-state index in [1.165, 1.54) is 6.92 Å². The zero-order valence-corrected chi connectivity index (χ0v) is 9.25. The Morgan fingerprint density at radius 2 is 2.18 bits per heavy atom. The van der Waals surface area contributed by atoms with Crippen molar-refractivity contribution in [2.24, 2.45) is 0 Å². The Bertz CT molecular complexity index is 368. The van der Waals surface area contributed by atoms with Gasteiger partial charge < -0.3 is 29.6 Å². The number of aliphatic hydroxyl groups excluding tert-OH is 1. The quantitative estimate of drug-likeness (QED) is 0.498. The molecule has 7 nitrogen and oxygen atoms in total. The average Bonchev–Trinajstić information content (AvgIpc) is 2.64. The molecule has 0 saturated carbocycles. The first-order valence-corrected chi connectivity index (χ1v) is 5.28. The van der Waals surface area contributed by atoms with Crippen LogP contribution in [0.2, 0.25) is 0 Å². The maximum Gasteiger partial charge on any atom is 0.344 e. The van der Waals surface area contributed by atoms with Gasteiger partial charge in [0.25, 0.3) is 0 Å². The fourth-order valence-corrected chi connectivity index (χ4v) is 2.15. The standard InChI is InChI=1S/C10H14O7/c1-5(11)2-3-9(14)8(13)17-7-6(12)4-16-10(7,9)15/h6-7,12,14-15H,2-4H2,1H3/t6-,7+,9+,10-/m0/s1. The summed E-state index contributed by atoms with van der Waals surface area (Å²) in [5, 5.41) is 29.7. The van der Waals surface area contributed by atoms with Gasteiger partial charge in [0.2, 0.25) is 11.4 Å². The van der Waals surface area contributed by atoms with E-state index in [1.807, 2.05) is 0 Å². The topological polar surface area (TPSA) is 113 Å². The lowest BCUT2D eigenvalue weighted by Gasteiger charge is -2.31. The Labute approximate surface area is 96.9 Å². The first kappa shape index (κ1) is 12.4. The van der Waals surface area contributed by atoms with Crippen molar-refractivity contribution in [3.05, 3.63) is 0 Å². The summed E-state index contributed by atoms with van der Waals surface area (Å²) in [7, 11) is 0. The molecule has 0 aromatic carbocycles. The molecule has 0 radical (unpaired) electrons. The highest BCUT2D eigenvalue weighted by Crippen LogP contribution is 2.45. The van der Waals surface area contributed by atoms with Gasteiger partial charge in [-0.15, -0.1) is 0 Å². The third kappa shape index (κ3) is 1.58. The molecule has 2 saturated heterocycles. The molecule has 0 bridgehead atoms. The fourth-order valence-electron chi connectivity index (χ4n) is 2.15. The average molecular weight is 246 g/mol. The number of fused-ring (bicyclic) bond motifs is 1. The van der Waals surface area contributed by atoms with E-state index in [4.69, 9.17) is 9.47 Å². The summed E-state index contributed by atoms with van der Waals surface area (Å²) in [6.45, 7) is 1.06. The van der Waals surface area contributed by atoms with Crippen molar-refractivity contribution < 1.29 is 34.4 Å². The monoisotopic (exact) mass is 246 g/mol. The number of esters is 1. The van der Waals surface area contributed by atoms with Gasteiger partial charge in [-0.1, -0.05) is 0 Å². The second-order valence-corrected chi connectivity index (χ2v) is 4.46. The molecule has 0 aromatic heterocycles. The van der Waals surface area contributed by atoms with Gasteiger partial charge in [0, 0.05) is 6.42 Å². The number of hydrogen-bond acceptors (Lipinski definition) is 7. The maximum atomic E-state index is 11.5. The SMILES string of the molecule is CC(=O)CC[C@@]1(O)C(=O)O[C@@H]2[C@@H](O)CO[C@@]21O. The van der Waals surface area contributed by atoms with Crippen LogP contribution in [0.15, 0.2) is 0 Å². The number of rotatable bonds is 3. The summed E-state index contributed by atoms with van der Waals surface area (Å²) in [5.41, 5.74) is -2.30. The van der Waals surface area contributed by atoms with Crippen LogP contribution >= 0.6 is 0 Å². The number of ether oxygens (including phenoxy) is 2. The van der Waals surface area contributed by atoms with Crippen LogP contribution in [0.5, 0.6) is 0 Å². The summed E-state index contributed by atoms with van der Waals surface area (Å²) >= 11 is 0. The van der Waals surface area contributed by atoms with Gasteiger partial charge in [-0.3, -0.25) is 0 Å². The first-order chi connectivity index (χ1) is 7.81. The van der Waals surface area contributed by atoms with Crippen molar-refractivity contribution in [3.63, 3.8) is 0 Å². The van der Waals surface area contributed by atoms with Gasteiger partial charge >= 0.3 is 5.97 Å². The van der Waals surface area contributed by atoms with E-state index in [2.05, 4.69) is 0 Å². The second-order valence-electron chi connectivity index (χ2n) is 4.46. The summed E-state index contributed by atoms with van der Waals surface area (Å²) in [4.78, 5) is 22.4. The molecule has 2 aliphatic heterocycles. The highest BCUT2D eigenvalue weighted by Gasteiger charge is 2.72. The van der Waals surface area contributed by atoms with E-state index in [0.29, 0.717) is 0 Å². The molecule has 4 atom stereocenters. The highest BCUT2D eigenvalue weighted by molar-refractivity contribution is 5.85. The van der Waals surface area contributed by atoms with E-state index in [0.717, 1.165) is 0 Å². The number of hydrogen-bond donors (Lipinski definition) is 3. The van der Waals surface area contributed by atoms with Gasteiger partial charge in [-0.2, -0.15) is 0 Å². The summed E-state index contributed by atoms with van der Waals surface area (Å²) < 4.78 is 9.62. The zero-order chi connectivity index (χ0) is 12.8. The highest BCUT2D eigenvalue weighted by atomic mass is 16.7. The van der Waals surface area contributed by atoms with Crippen molar-refractivity contribution in [1.82, 2.24) is 0 Å². The summed E-state index contributed by atoms with van der Waals surface area (Å²) in [5.74, 6) is -3.60. The molecule has 7 heteroatoms. The van der Waals surface area contributed by atoms with E-state index < -0.39 is 29.6 Å². The summed E-state index contributed by atoms with van der Waals surface area (Å²) in [6.07, 6.45) is -2.90. The lowest BCUT2D eigenvalue weighted by molar-refractivity contribution is -0.264. The van der Waals surface area contributed by atoms with E-state index >= 15 is 0 Å². The number of carbonyl (C=O) groups excluding carboxylic acids is 2. The molecule has 0 aromatic rings. The molecule has 17 heavy (non-hydrogen) atoms. The molecule has 2 fully saturated rings. The van der Waals surface area contributed by atoms with Crippen LogP contribution in [0.3, 0.4) is 0 Å². The smallest absolute Gasteiger partial charge is 0.344 e. The van der Waals surface area contributed by atoms with Gasteiger partial charge in [-0.05, 0) is 13.3 Å². The van der Waals surface area contributed by atoms with E-state index in [-0.39, 0.29) is 25.2 Å². The Hall–Kier alpha value is -1.02.